The van der Waals surface area contributed by atoms with Crippen molar-refractivity contribution in [2.24, 2.45) is 5.92 Å². The SMILES string of the molecule is O=C(C1CC1)N1CCc2c(nc([C@H]3CCCCN3C(=O)Cc3ccc(F)cc3)[nH]c2=O)C1. The van der Waals surface area contributed by atoms with E-state index in [0.29, 0.717) is 43.1 Å². The molecule has 1 N–H and O–H groups in total. The molecule has 1 aliphatic carbocycles. The molecule has 2 aromatic rings. The van der Waals surface area contributed by atoms with Crippen LogP contribution < -0.4 is 5.56 Å². The third kappa shape index (κ3) is 4.18. The van der Waals surface area contributed by atoms with E-state index in [2.05, 4.69) is 4.98 Å². The fourth-order valence-corrected chi connectivity index (χ4v) is 4.79. The smallest absolute Gasteiger partial charge is 0.254 e. The Hall–Kier alpha value is -3.03. The predicted molar refractivity (Wildman–Crippen MR) is 115 cm³/mol. The second kappa shape index (κ2) is 8.48. The number of aromatic nitrogens is 2. The van der Waals surface area contributed by atoms with E-state index in [4.69, 9.17) is 4.98 Å². The predicted octanol–water partition coefficient (Wildman–Crippen LogP) is 2.50. The molecule has 32 heavy (non-hydrogen) atoms. The molecule has 1 saturated carbocycles. The third-order valence-corrected chi connectivity index (χ3v) is 6.74. The summed E-state index contributed by atoms with van der Waals surface area (Å²) in [5.41, 5.74) is 1.89. The van der Waals surface area contributed by atoms with Crippen molar-refractivity contribution < 1.29 is 14.0 Å². The number of nitrogens with one attached hydrogen (secondary N) is 1. The Morgan fingerprint density at radius 3 is 2.62 bits per heavy atom. The highest BCUT2D eigenvalue weighted by Crippen LogP contribution is 2.33. The lowest BCUT2D eigenvalue weighted by Crippen LogP contribution is -2.43. The van der Waals surface area contributed by atoms with Crippen LogP contribution in [0.4, 0.5) is 4.39 Å². The Kier molecular flexibility index (Phi) is 5.53. The summed E-state index contributed by atoms with van der Waals surface area (Å²) >= 11 is 0. The van der Waals surface area contributed by atoms with E-state index in [9.17, 15) is 18.8 Å². The minimum atomic E-state index is -0.331. The Morgan fingerprint density at radius 1 is 1.09 bits per heavy atom. The number of carbonyl (C=O) groups is 2. The van der Waals surface area contributed by atoms with Crippen molar-refractivity contribution in [2.75, 3.05) is 13.1 Å². The van der Waals surface area contributed by atoms with Gasteiger partial charge < -0.3 is 14.8 Å². The number of likely N-dealkylation sites (tertiary alicyclic amines) is 1. The molecule has 0 unspecified atom stereocenters. The molecule has 1 saturated heterocycles. The van der Waals surface area contributed by atoms with Crippen LogP contribution >= 0.6 is 0 Å². The first-order valence-corrected chi connectivity index (χ1v) is 11.4. The van der Waals surface area contributed by atoms with Gasteiger partial charge in [0.15, 0.2) is 0 Å². The van der Waals surface area contributed by atoms with Crippen LogP contribution in [0.5, 0.6) is 0 Å². The van der Waals surface area contributed by atoms with Crippen LogP contribution in [0, 0.1) is 11.7 Å². The van der Waals surface area contributed by atoms with Crippen molar-refractivity contribution in [2.45, 2.75) is 57.5 Å². The van der Waals surface area contributed by atoms with E-state index in [1.807, 2.05) is 4.90 Å². The van der Waals surface area contributed by atoms with Gasteiger partial charge in [-0.05, 0) is 56.2 Å². The van der Waals surface area contributed by atoms with Crippen LogP contribution in [0.25, 0.3) is 0 Å². The molecule has 168 valence electrons. The molecule has 3 heterocycles. The molecule has 3 aliphatic rings. The van der Waals surface area contributed by atoms with Gasteiger partial charge in [0.05, 0.1) is 24.7 Å². The van der Waals surface area contributed by atoms with Crippen LogP contribution in [0.1, 0.15) is 60.8 Å². The van der Waals surface area contributed by atoms with Crippen molar-refractivity contribution in [1.29, 1.82) is 0 Å². The monoisotopic (exact) mass is 438 g/mol. The number of piperidine rings is 1. The number of halogens is 1. The van der Waals surface area contributed by atoms with Crippen molar-refractivity contribution in [3.05, 3.63) is 63.1 Å². The first-order chi connectivity index (χ1) is 15.5. The largest absolute Gasteiger partial charge is 0.336 e. The highest BCUT2D eigenvalue weighted by atomic mass is 19.1. The lowest BCUT2D eigenvalue weighted by molar-refractivity contribution is -0.134. The van der Waals surface area contributed by atoms with Gasteiger partial charge >= 0.3 is 0 Å². The maximum atomic E-state index is 13.2. The molecular weight excluding hydrogens is 411 g/mol. The average molecular weight is 439 g/mol. The average Bonchev–Trinajstić information content (AvgIpc) is 3.65. The zero-order valence-electron chi connectivity index (χ0n) is 18.0. The number of aromatic amines is 1. The summed E-state index contributed by atoms with van der Waals surface area (Å²) < 4.78 is 13.2. The first kappa shape index (κ1) is 20.8. The second-order valence-electron chi connectivity index (χ2n) is 9.06. The minimum Gasteiger partial charge on any atom is -0.336 e. The molecule has 7 nitrogen and oxygen atoms in total. The van der Waals surface area contributed by atoms with Crippen LogP contribution in [0.2, 0.25) is 0 Å². The Balaban J connectivity index is 1.38. The summed E-state index contributed by atoms with van der Waals surface area (Å²) in [4.78, 5) is 49.7. The van der Waals surface area contributed by atoms with Gasteiger partial charge in [-0.1, -0.05) is 12.1 Å². The van der Waals surface area contributed by atoms with E-state index in [1.165, 1.54) is 12.1 Å². The van der Waals surface area contributed by atoms with Crippen molar-refractivity contribution >= 4 is 11.8 Å². The zero-order chi connectivity index (χ0) is 22.2. The molecule has 0 radical (unpaired) electrons. The Bertz CT molecular complexity index is 1090. The summed E-state index contributed by atoms with van der Waals surface area (Å²) in [7, 11) is 0. The van der Waals surface area contributed by atoms with Gasteiger partial charge in [-0.15, -0.1) is 0 Å². The highest BCUT2D eigenvalue weighted by Gasteiger charge is 2.36. The number of carbonyl (C=O) groups excluding carboxylic acids is 2. The molecule has 0 spiro atoms. The van der Waals surface area contributed by atoms with Crippen LogP contribution in [0.15, 0.2) is 29.1 Å². The third-order valence-electron chi connectivity index (χ3n) is 6.74. The lowest BCUT2D eigenvalue weighted by atomic mass is 9.99. The van der Waals surface area contributed by atoms with Gasteiger partial charge in [0.2, 0.25) is 11.8 Å². The summed E-state index contributed by atoms with van der Waals surface area (Å²) in [5, 5.41) is 0. The molecule has 1 aromatic heterocycles. The number of amides is 2. The van der Waals surface area contributed by atoms with Gasteiger partial charge in [0.25, 0.3) is 5.56 Å². The van der Waals surface area contributed by atoms with Gasteiger partial charge in [0.1, 0.15) is 11.6 Å². The van der Waals surface area contributed by atoms with Crippen molar-refractivity contribution in [3.63, 3.8) is 0 Å². The van der Waals surface area contributed by atoms with Crippen molar-refractivity contribution in [1.82, 2.24) is 19.8 Å². The van der Waals surface area contributed by atoms with E-state index < -0.39 is 0 Å². The number of hydrogen-bond donors (Lipinski definition) is 1. The number of hydrogen-bond acceptors (Lipinski definition) is 4. The van der Waals surface area contributed by atoms with Gasteiger partial charge in [-0.25, -0.2) is 9.37 Å². The van der Waals surface area contributed by atoms with E-state index >= 15 is 0 Å². The lowest BCUT2D eigenvalue weighted by Gasteiger charge is -2.36. The standard InChI is InChI=1S/C24H27FN4O3/c25-17-8-4-15(5-9-17)13-21(30)29-11-2-1-3-20(29)22-26-19-14-28(24(32)16-6-7-16)12-10-18(19)23(31)27-22/h4-5,8-9,16,20H,1-3,6-7,10-14H2,(H,26,27,31)/t20-/m1/s1. The van der Waals surface area contributed by atoms with Crippen molar-refractivity contribution in [3.8, 4) is 0 Å². The molecule has 1 aromatic carbocycles. The topological polar surface area (TPSA) is 86.4 Å². The molecule has 2 amide bonds. The molecule has 5 rings (SSSR count). The Labute approximate surface area is 185 Å². The maximum Gasteiger partial charge on any atom is 0.254 e. The van der Waals surface area contributed by atoms with Gasteiger partial charge in [0, 0.05) is 24.6 Å². The molecule has 2 fully saturated rings. The number of nitrogens with zero attached hydrogens (tertiary/aromatic N) is 3. The maximum absolute atomic E-state index is 13.2. The van der Waals surface area contributed by atoms with Crippen LogP contribution in [0.3, 0.4) is 0 Å². The number of benzene rings is 1. The van der Waals surface area contributed by atoms with E-state index in [-0.39, 0.29) is 41.6 Å². The summed E-state index contributed by atoms with van der Waals surface area (Å²) in [6, 6.07) is 5.65. The fourth-order valence-electron chi connectivity index (χ4n) is 4.79. The number of fused-ring (bicyclic) bond motifs is 1. The first-order valence-electron chi connectivity index (χ1n) is 11.4. The highest BCUT2D eigenvalue weighted by molar-refractivity contribution is 5.81. The van der Waals surface area contributed by atoms with Gasteiger partial charge in [-0.2, -0.15) is 0 Å². The summed E-state index contributed by atoms with van der Waals surface area (Å²) in [5.74, 6) is 0.403. The van der Waals surface area contributed by atoms with Crippen LogP contribution in [-0.4, -0.2) is 44.7 Å². The van der Waals surface area contributed by atoms with Crippen LogP contribution in [-0.2, 0) is 29.0 Å². The molecule has 8 heteroatoms. The normalized spacial score (nSPS) is 20.7. The van der Waals surface area contributed by atoms with E-state index in [0.717, 1.165) is 37.7 Å². The number of H-pyrrole nitrogens is 1. The van der Waals surface area contributed by atoms with E-state index in [1.54, 1.807) is 17.0 Å². The Morgan fingerprint density at radius 2 is 1.88 bits per heavy atom. The minimum absolute atomic E-state index is 0.0628. The summed E-state index contributed by atoms with van der Waals surface area (Å²) in [6.45, 7) is 1.51. The molecule has 2 aliphatic heterocycles. The quantitative estimate of drug-likeness (QED) is 0.795. The molecule has 0 bridgehead atoms. The fraction of sp³-hybridized carbons (Fsp3) is 0.500. The molecular formula is C24H27FN4O3. The van der Waals surface area contributed by atoms with Gasteiger partial charge in [-0.3, -0.25) is 14.4 Å². The summed E-state index contributed by atoms with van der Waals surface area (Å²) in [6.07, 6.45) is 5.14. The number of rotatable bonds is 4. The molecule has 1 atom stereocenters. The second-order valence-corrected chi connectivity index (χ2v) is 9.06. The zero-order valence-corrected chi connectivity index (χ0v) is 18.0.